The van der Waals surface area contributed by atoms with Gasteiger partial charge in [-0.15, -0.1) is 0 Å². The molecule has 2 N–H and O–H groups in total. The van der Waals surface area contributed by atoms with Crippen molar-refractivity contribution in [3.63, 3.8) is 0 Å². The van der Waals surface area contributed by atoms with Crippen LogP contribution >= 0.6 is 0 Å². The van der Waals surface area contributed by atoms with Crippen molar-refractivity contribution in [1.29, 1.82) is 0 Å². The van der Waals surface area contributed by atoms with Crippen molar-refractivity contribution in [2.75, 3.05) is 12.4 Å². The molecule has 1 aromatic rings. The van der Waals surface area contributed by atoms with E-state index in [0.29, 0.717) is 17.0 Å². The highest BCUT2D eigenvalue weighted by Crippen LogP contribution is 2.34. The van der Waals surface area contributed by atoms with Crippen LogP contribution in [0.4, 0.5) is 5.69 Å². The average Bonchev–Trinajstić information content (AvgIpc) is 2.27. The topological polar surface area (TPSA) is 75.6 Å². The Balaban J connectivity index is 2.49. The van der Waals surface area contributed by atoms with Crippen molar-refractivity contribution in [3.05, 3.63) is 23.8 Å². The first-order valence-corrected chi connectivity index (χ1v) is 4.82. The lowest BCUT2D eigenvalue weighted by atomic mass is 9.90. The molecular weight excluding hydrogens is 210 g/mol. The number of amides is 1. The number of nitrogens with one attached hydrogen (secondary N) is 1. The fourth-order valence-corrected chi connectivity index (χ4v) is 1.79. The van der Waals surface area contributed by atoms with Crippen LogP contribution in [0.1, 0.15) is 17.9 Å². The summed E-state index contributed by atoms with van der Waals surface area (Å²) < 4.78 is 5.03. The lowest BCUT2D eigenvalue weighted by molar-refractivity contribution is -0.140. The van der Waals surface area contributed by atoms with Gasteiger partial charge in [0.2, 0.25) is 5.91 Å². The number of methoxy groups -OCH3 is 1. The van der Waals surface area contributed by atoms with Gasteiger partial charge in [0.15, 0.2) is 0 Å². The summed E-state index contributed by atoms with van der Waals surface area (Å²) in [6.07, 6.45) is -0.0322. The smallest absolute Gasteiger partial charge is 0.311 e. The molecule has 0 radical (unpaired) electrons. The molecule has 0 aliphatic carbocycles. The number of carboxylic acid groups (broad SMARTS) is 1. The van der Waals surface area contributed by atoms with Crippen LogP contribution in [-0.4, -0.2) is 24.1 Å². The normalized spacial score (nSPS) is 18.6. The number of carbonyl (C=O) groups is 2. The number of hydrogen-bond donors (Lipinski definition) is 2. The Morgan fingerprint density at radius 3 is 2.94 bits per heavy atom. The molecule has 0 spiro atoms. The Morgan fingerprint density at radius 1 is 1.56 bits per heavy atom. The summed E-state index contributed by atoms with van der Waals surface area (Å²) in [5.74, 6) is -1.48. The largest absolute Gasteiger partial charge is 0.497 e. The zero-order valence-electron chi connectivity index (χ0n) is 8.69. The number of aliphatic carboxylic acids is 1. The van der Waals surface area contributed by atoms with E-state index in [1.807, 2.05) is 0 Å². The zero-order chi connectivity index (χ0) is 11.7. The summed E-state index contributed by atoms with van der Waals surface area (Å²) in [5, 5.41) is 11.7. The minimum atomic E-state index is -0.996. The van der Waals surface area contributed by atoms with Gasteiger partial charge >= 0.3 is 5.97 Å². The van der Waals surface area contributed by atoms with Gasteiger partial charge in [0.05, 0.1) is 13.0 Å². The summed E-state index contributed by atoms with van der Waals surface area (Å²) in [5.41, 5.74) is 1.14. The van der Waals surface area contributed by atoms with Gasteiger partial charge < -0.3 is 15.2 Å². The van der Waals surface area contributed by atoms with E-state index in [0.717, 1.165) is 0 Å². The second-order valence-corrected chi connectivity index (χ2v) is 3.60. The van der Waals surface area contributed by atoms with E-state index in [1.54, 1.807) is 18.2 Å². The molecule has 1 heterocycles. The van der Waals surface area contributed by atoms with Gasteiger partial charge in [0.1, 0.15) is 5.75 Å². The Morgan fingerprint density at radius 2 is 2.31 bits per heavy atom. The molecule has 5 nitrogen and oxygen atoms in total. The third-order valence-corrected chi connectivity index (χ3v) is 2.60. The van der Waals surface area contributed by atoms with Gasteiger partial charge in [0.25, 0.3) is 0 Å². The third kappa shape index (κ3) is 1.71. The predicted octanol–water partition coefficient (Wildman–Crippen LogP) is 1.21. The monoisotopic (exact) mass is 221 g/mol. The minimum Gasteiger partial charge on any atom is -0.497 e. The van der Waals surface area contributed by atoms with Crippen LogP contribution in [-0.2, 0) is 9.59 Å². The zero-order valence-corrected chi connectivity index (χ0v) is 8.69. The van der Waals surface area contributed by atoms with Crippen LogP contribution in [0.5, 0.6) is 5.75 Å². The van der Waals surface area contributed by atoms with E-state index >= 15 is 0 Å². The molecule has 5 heteroatoms. The van der Waals surface area contributed by atoms with Crippen molar-refractivity contribution >= 4 is 17.6 Å². The molecule has 0 fully saturated rings. The molecule has 0 saturated carbocycles. The van der Waals surface area contributed by atoms with E-state index < -0.39 is 11.9 Å². The van der Waals surface area contributed by atoms with E-state index in [4.69, 9.17) is 9.84 Å². The number of carboxylic acids is 1. The van der Waals surface area contributed by atoms with Gasteiger partial charge in [-0.1, -0.05) is 0 Å². The average molecular weight is 221 g/mol. The molecule has 0 saturated heterocycles. The molecule has 0 unspecified atom stereocenters. The summed E-state index contributed by atoms with van der Waals surface area (Å²) in [6, 6.07) is 4.98. The Labute approximate surface area is 92.0 Å². The highest BCUT2D eigenvalue weighted by molar-refractivity contribution is 5.99. The van der Waals surface area contributed by atoms with Crippen molar-refractivity contribution in [3.8, 4) is 5.75 Å². The molecule has 1 aliphatic heterocycles. The maximum atomic E-state index is 11.3. The Kier molecular flexibility index (Phi) is 2.52. The van der Waals surface area contributed by atoms with Gasteiger partial charge in [-0.25, -0.2) is 0 Å². The van der Waals surface area contributed by atoms with Crippen LogP contribution in [0, 0.1) is 0 Å². The van der Waals surface area contributed by atoms with Crippen LogP contribution in [0.3, 0.4) is 0 Å². The highest BCUT2D eigenvalue weighted by Gasteiger charge is 2.30. The summed E-state index contributed by atoms with van der Waals surface area (Å²) >= 11 is 0. The lowest BCUT2D eigenvalue weighted by Gasteiger charge is -2.22. The van der Waals surface area contributed by atoms with Crippen LogP contribution < -0.4 is 10.1 Å². The van der Waals surface area contributed by atoms with E-state index in [9.17, 15) is 9.59 Å². The SMILES string of the molecule is COc1ccc2c(c1)[C@H](C(=O)O)CC(=O)N2. The summed E-state index contributed by atoms with van der Waals surface area (Å²) in [4.78, 5) is 22.3. The van der Waals surface area contributed by atoms with Gasteiger partial charge in [-0.2, -0.15) is 0 Å². The first-order valence-electron chi connectivity index (χ1n) is 4.82. The molecule has 0 bridgehead atoms. The maximum absolute atomic E-state index is 11.3. The van der Waals surface area contributed by atoms with Crippen LogP contribution in [0.25, 0.3) is 0 Å². The van der Waals surface area contributed by atoms with E-state index in [1.165, 1.54) is 7.11 Å². The standard InChI is InChI=1S/C11H11NO4/c1-16-6-2-3-9-7(4-6)8(11(14)15)5-10(13)12-9/h2-4,8H,5H2,1H3,(H,12,13)(H,14,15)/t8-/m1/s1. The lowest BCUT2D eigenvalue weighted by Crippen LogP contribution is -2.27. The molecule has 0 aromatic heterocycles. The van der Waals surface area contributed by atoms with Crippen LogP contribution in [0.2, 0.25) is 0 Å². The van der Waals surface area contributed by atoms with Crippen molar-refractivity contribution in [2.45, 2.75) is 12.3 Å². The second-order valence-electron chi connectivity index (χ2n) is 3.60. The fraction of sp³-hybridized carbons (Fsp3) is 0.273. The molecule has 2 rings (SSSR count). The second kappa shape index (κ2) is 3.84. The summed E-state index contributed by atoms with van der Waals surface area (Å²) in [7, 11) is 1.51. The Bertz CT molecular complexity index is 455. The van der Waals surface area contributed by atoms with Crippen molar-refractivity contribution < 1.29 is 19.4 Å². The number of anilines is 1. The first-order chi connectivity index (χ1) is 7.61. The number of fused-ring (bicyclic) bond motifs is 1. The minimum absolute atomic E-state index is 0.0322. The molecule has 1 amide bonds. The van der Waals surface area contributed by atoms with Gasteiger partial charge in [-0.3, -0.25) is 9.59 Å². The highest BCUT2D eigenvalue weighted by atomic mass is 16.5. The number of benzene rings is 1. The number of rotatable bonds is 2. The molecular formula is C11H11NO4. The van der Waals surface area contributed by atoms with Gasteiger partial charge in [-0.05, 0) is 23.8 Å². The summed E-state index contributed by atoms with van der Waals surface area (Å²) in [6.45, 7) is 0. The van der Waals surface area contributed by atoms with Crippen molar-refractivity contribution in [1.82, 2.24) is 0 Å². The van der Waals surface area contributed by atoms with E-state index in [-0.39, 0.29) is 12.3 Å². The van der Waals surface area contributed by atoms with Crippen molar-refractivity contribution in [2.24, 2.45) is 0 Å². The number of carbonyl (C=O) groups excluding carboxylic acids is 1. The van der Waals surface area contributed by atoms with Gasteiger partial charge in [0, 0.05) is 12.1 Å². The number of ether oxygens (including phenoxy) is 1. The molecule has 1 aliphatic rings. The molecule has 1 aromatic carbocycles. The fourth-order valence-electron chi connectivity index (χ4n) is 1.79. The van der Waals surface area contributed by atoms with Crippen LogP contribution in [0.15, 0.2) is 18.2 Å². The maximum Gasteiger partial charge on any atom is 0.311 e. The quantitative estimate of drug-likeness (QED) is 0.786. The van der Waals surface area contributed by atoms with E-state index in [2.05, 4.69) is 5.32 Å². The first kappa shape index (κ1) is 10.5. The predicted molar refractivity (Wildman–Crippen MR) is 56.6 cm³/mol. The number of hydrogen-bond acceptors (Lipinski definition) is 3. The molecule has 16 heavy (non-hydrogen) atoms. The molecule has 1 atom stereocenters. The molecule has 84 valence electrons. The Hall–Kier alpha value is -2.04. The third-order valence-electron chi connectivity index (χ3n) is 2.60.